The summed E-state index contributed by atoms with van der Waals surface area (Å²) in [4.78, 5) is 11.9. The summed E-state index contributed by atoms with van der Waals surface area (Å²) >= 11 is 0. The second-order valence-corrected chi connectivity index (χ2v) is 4.78. The first-order chi connectivity index (χ1) is 10.3. The van der Waals surface area contributed by atoms with Gasteiger partial charge in [0.25, 0.3) is 0 Å². The fourth-order valence-electron chi connectivity index (χ4n) is 1.93. The van der Waals surface area contributed by atoms with Crippen molar-refractivity contribution in [1.29, 1.82) is 0 Å². The van der Waals surface area contributed by atoms with Crippen LogP contribution in [0.15, 0.2) is 42.5 Å². The van der Waals surface area contributed by atoms with Crippen molar-refractivity contribution in [3.63, 3.8) is 0 Å². The molecule has 0 saturated carbocycles. The van der Waals surface area contributed by atoms with Crippen molar-refractivity contribution < 1.29 is 22.4 Å². The highest BCUT2D eigenvalue weighted by Gasteiger charge is 2.33. The van der Waals surface area contributed by atoms with Gasteiger partial charge in [-0.2, -0.15) is 13.2 Å². The van der Waals surface area contributed by atoms with E-state index in [1.54, 1.807) is 6.92 Å². The number of hydrogen-bond acceptors (Lipinski definition) is 2. The molecule has 0 bridgehead atoms. The maximum absolute atomic E-state index is 13.4. The SMILES string of the molecule is Cc1ccc(C(=O)CNc2ccccc2C(F)(F)F)cc1F. The number of rotatable bonds is 4. The molecule has 0 unspecified atom stereocenters. The van der Waals surface area contributed by atoms with Gasteiger partial charge in [-0.3, -0.25) is 4.79 Å². The molecular weight excluding hydrogens is 298 g/mol. The standard InChI is InChI=1S/C16H13F4NO/c1-10-6-7-11(8-13(10)17)15(22)9-21-14-5-3-2-4-12(14)16(18,19)20/h2-8,21H,9H2,1H3. The highest BCUT2D eigenvalue weighted by molar-refractivity contribution is 5.99. The van der Waals surface area contributed by atoms with Crippen LogP contribution in [0.25, 0.3) is 0 Å². The third-order valence-electron chi connectivity index (χ3n) is 3.17. The van der Waals surface area contributed by atoms with Crippen molar-refractivity contribution in [1.82, 2.24) is 0 Å². The number of alkyl halides is 3. The molecule has 0 atom stereocenters. The van der Waals surface area contributed by atoms with E-state index in [4.69, 9.17) is 0 Å². The van der Waals surface area contributed by atoms with Crippen LogP contribution in [-0.4, -0.2) is 12.3 Å². The van der Waals surface area contributed by atoms with Crippen LogP contribution < -0.4 is 5.32 Å². The lowest BCUT2D eigenvalue weighted by Gasteiger charge is -2.14. The van der Waals surface area contributed by atoms with Gasteiger partial charge in [0.15, 0.2) is 5.78 Å². The number of ketones is 1. The molecule has 0 heterocycles. The summed E-state index contributed by atoms with van der Waals surface area (Å²) in [5, 5.41) is 2.46. The van der Waals surface area contributed by atoms with Crippen LogP contribution in [0.3, 0.4) is 0 Å². The first-order valence-electron chi connectivity index (χ1n) is 6.48. The number of Topliss-reactive ketones (excluding diaryl/α,β-unsaturated/α-hetero) is 1. The lowest BCUT2D eigenvalue weighted by molar-refractivity contribution is -0.136. The van der Waals surface area contributed by atoms with Crippen LogP contribution in [-0.2, 0) is 6.18 Å². The van der Waals surface area contributed by atoms with E-state index < -0.39 is 23.3 Å². The van der Waals surface area contributed by atoms with Crippen molar-refractivity contribution in [3.05, 3.63) is 65.0 Å². The van der Waals surface area contributed by atoms with E-state index in [9.17, 15) is 22.4 Å². The minimum Gasteiger partial charge on any atom is -0.377 e. The summed E-state index contributed by atoms with van der Waals surface area (Å²) in [6.07, 6.45) is -4.51. The Morgan fingerprint density at radius 1 is 1.14 bits per heavy atom. The molecule has 2 nitrogen and oxygen atoms in total. The number of carbonyl (C=O) groups is 1. The van der Waals surface area contributed by atoms with Crippen LogP contribution in [0.4, 0.5) is 23.2 Å². The summed E-state index contributed by atoms with van der Waals surface area (Å²) in [6, 6.07) is 8.85. The van der Waals surface area contributed by atoms with Crippen molar-refractivity contribution in [3.8, 4) is 0 Å². The number of anilines is 1. The normalized spacial score (nSPS) is 11.3. The topological polar surface area (TPSA) is 29.1 Å². The number of benzene rings is 2. The molecule has 0 fully saturated rings. The molecule has 0 aliphatic rings. The Morgan fingerprint density at radius 3 is 2.45 bits per heavy atom. The molecule has 0 aliphatic carbocycles. The Morgan fingerprint density at radius 2 is 1.82 bits per heavy atom. The predicted molar refractivity (Wildman–Crippen MR) is 75.4 cm³/mol. The lowest BCUT2D eigenvalue weighted by Crippen LogP contribution is -2.17. The van der Waals surface area contributed by atoms with Crippen LogP contribution in [0.5, 0.6) is 0 Å². The maximum atomic E-state index is 13.4. The Kier molecular flexibility index (Phi) is 4.49. The molecule has 1 N–H and O–H groups in total. The fourth-order valence-corrected chi connectivity index (χ4v) is 1.93. The fraction of sp³-hybridized carbons (Fsp3) is 0.188. The van der Waals surface area contributed by atoms with E-state index in [1.807, 2.05) is 0 Å². The number of nitrogens with one attached hydrogen (secondary N) is 1. The smallest absolute Gasteiger partial charge is 0.377 e. The summed E-state index contributed by atoms with van der Waals surface area (Å²) in [6.45, 7) is 1.21. The first kappa shape index (κ1) is 16.0. The summed E-state index contributed by atoms with van der Waals surface area (Å²) in [5.41, 5.74) is -0.527. The second kappa shape index (κ2) is 6.17. The number of carbonyl (C=O) groups excluding carboxylic acids is 1. The van der Waals surface area contributed by atoms with Crippen LogP contribution in [0, 0.1) is 12.7 Å². The molecule has 116 valence electrons. The molecule has 6 heteroatoms. The van der Waals surface area contributed by atoms with Gasteiger partial charge < -0.3 is 5.32 Å². The maximum Gasteiger partial charge on any atom is 0.418 e. The molecule has 2 aromatic carbocycles. The van der Waals surface area contributed by atoms with Gasteiger partial charge >= 0.3 is 6.18 Å². The van der Waals surface area contributed by atoms with Crippen molar-refractivity contribution in [2.24, 2.45) is 0 Å². The van der Waals surface area contributed by atoms with Crippen LogP contribution >= 0.6 is 0 Å². The van der Waals surface area contributed by atoms with Gasteiger partial charge in [-0.1, -0.05) is 24.3 Å². The minimum atomic E-state index is -4.51. The van der Waals surface area contributed by atoms with Crippen molar-refractivity contribution in [2.45, 2.75) is 13.1 Å². The van der Waals surface area contributed by atoms with Gasteiger partial charge in [-0.15, -0.1) is 0 Å². The number of aryl methyl sites for hydroxylation is 1. The van der Waals surface area contributed by atoms with Crippen molar-refractivity contribution >= 4 is 11.5 Å². The van der Waals surface area contributed by atoms with Crippen LogP contribution in [0.2, 0.25) is 0 Å². The summed E-state index contributed by atoms with van der Waals surface area (Å²) in [5.74, 6) is -1.02. The van der Waals surface area contributed by atoms with E-state index in [1.165, 1.54) is 30.3 Å². The van der Waals surface area contributed by atoms with E-state index in [2.05, 4.69) is 5.32 Å². The highest BCUT2D eigenvalue weighted by atomic mass is 19.4. The Labute approximate surface area is 124 Å². The molecule has 0 saturated heterocycles. The first-order valence-corrected chi connectivity index (χ1v) is 6.48. The molecule has 2 aromatic rings. The number of halogens is 4. The monoisotopic (exact) mass is 311 g/mol. The van der Waals surface area contributed by atoms with Gasteiger partial charge in [-0.05, 0) is 30.7 Å². The summed E-state index contributed by atoms with van der Waals surface area (Å²) < 4.78 is 51.9. The molecule has 22 heavy (non-hydrogen) atoms. The lowest BCUT2D eigenvalue weighted by atomic mass is 10.1. The van der Waals surface area contributed by atoms with Gasteiger partial charge in [0.2, 0.25) is 0 Å². The molecule has 0 spiro atoms. The highest BCUT2D eigenvalue weighted by Crippen LogP contribution is 2.34. The molecule has 0 amide bonds. The molecule has 0 aromatic heterocycles. The zero-order valence-electron chi connectivity index (χ0n) is 11.7. The number of hydrogen-bond donors (Lipinski definition) is 1. The van der Waals surface area contributed by atoms with Crippen LogP contribution in [0.1, 0.15) is 21.5 Å². The van der Waals surface area contributed by atoms with E-state index in [0.717, 1.165) is 12.1 Å². The van der Waals surface area contributed by atoms with Gasteiger partial charge in [0.1, 0.15) is 5.82 Å². The number of para-hydroxylation sites is 1. The van der Waals surface area contributed by atoms with Gasteiger partial charge in [-0.25, -0.2) is 4.39 Å². The van der Waals surface area contributed by atoms with E-state index >= 15 is 0 Å². The molecular formula is C16H13F4NO. The average molecular weight is 311 g/mol. The zero-order valence-corrected chi connectivity index (χ0v) is 11.7. The predicted octanol–water partition coefficient (Wildman–Crippen LogP) is 4.45. The minimum absolute atomic E-state index is 0.111. The van der Waals surface area contributed by atoms with E-state index in [0.29, 0.717) is 5.56 Å². The Balaban J connectivity index is 2.13. The van der Waals surface area contributed by atoms with Gasteiger partial charge in [0, 0.05) is 11.3 Å². The average Bonchev–Trinajstić information content (AvgIpc) is 2.47. The largest absolute Gasteiger partial charge is 0.418 e. The third-order valence-corrected chi connectivity index (χ3v) is 3.17. The molecule has 0 radical (unpaired) electrons. The molecule has 2 rings (SSSR count). The Hall–Kier alpha value is -2.37. The second-order valence-electron chi connectivity index (χ2n) is 4.78. The summed E-state index contributed by atoms with van der Waals surface area (Å²) in [7, 11) is 0. The Bertz CT molecular complexity index is 695. The van der Waals surface area contributed by atoms with E-state index in [-0.39, 0.29) is 17.8 Å². The zero-order chi connectivity index (χ0) is 16.3. The quantitative estimate of drug-likeness (QED) is 0.668. The van der Waals surface area contributed by atoms with Crippen molar-refractivity contribution in [2.75, 3.05) is 11.9 Å². The van der Waals surface area contributed by atoms with Gasteiger partial charge in [0.05, 0.1) is 12.1 Å². The third kappa shape index (κ3) is 3.63. The molecule has 0 aliphatic heterocycles.